The van der Waals surface area contributed by atoms with E-state index in [1.807, 2.05) is 32.5 Å². The number of hydrogen-bond donors (Lipinski definition) is 0. The Morgan fingerprint density at radius 2 is 2.07 bits per heavy atom. The maximum absolute atomic E-state index is 11.8. The highest BCUT2D eigenvalue weighted by Gasteiger charge is 2.39. The minimum Gasteiger partial charge on any atom is -0.212 e. The Hall–Kier alpha value is 0.260. The summed E-state index contributed by atoms with van der Waals surface area (Å²) in [5.41, 5.74) is -0.261. The molecule has 3 nitrogen and oxygen atoms in total. The molecule has 0 N–H and O–H groups in total. The van der Waals surface area contributed by atoms with Crippen molar-refractivity contribution < 1.29 is 8.42 Å². The SMILES string of the molecule is CCC(C)(C)N([C@@H]1CCSC1)S(C)(=O)=O. The van der Waals surface area contributed by atoms with Crippen LogP contribution in [0.15, 0.2) is 0 Å². The summed E-state index contributed by atoms with van der Waals surface area (Å²) in [7, 11) is -3.10. The highest BCUT2D eigenvalue weighted by Crippen LogP contribution is 2.31. The fraction of sp³-hybridized carbons (Fsp3) is 1.00. The molecule has 0 aliphatic carbocycles. The molecule has 1 aliphatic heterocycles. The third-order valence-corrected chi connectivity index (χ3v) is 5.71. The van der Waals surface area contributed by atoms with Gasteiger partial charge in [-0.2, -0.15) is 16.1 Å². The van der Waals surface area contributed by atoms with Crippen LogP contribution < -0.4 is 0 Å². The second-order valence-corrected chi connectivity index (χ2v) is 7.75. The summed E-state index contributed by atoms with van der Waals surface area (Å²) in [5, 5.41) is 0. The van der Waals surface area contributed by atoms with Crippen molar-refractivity contribution in [2.24, 2.45) is 0 Å². The lowest BCUT2D eigenvalue weighted by Crippen LogP contribution is -2.52. The van der Waals surface area contributed by atoms with Crippen LogP contribution in [0.3, 0.4) is 0 Å². The van der Waals surface area contributed by atoms with Gasteiger partial charge in [0.05, 0.1) is 6.26 Å². The fourth-order valence-electron chi connectivity index (χ4n) is 2.08. The van der Waals surface area contributed by atoms with Gasteiger partial charge in [0.2, 0.25) is 10.0 Å². The quantitative estimate of drug-likeness (QED) is 0.766. The average molecular weight is 251 g/mol. The monoisotopic (exact) mass is 251 g/mol. The van der Waals surface area contributed by atoms with E-state index in [-0.39, 0.29) is 11.6 Å². The third kappa shape index (κ3) is 3.11. The van der Waals surface area contributed by atoms with Gasteiger partial charge in [0.25, 0.3) is 0 Å². The zero-order valence-electron chi connectivity index (χ0n) is 9.99. The molecule has 0 aromatic heterocycles. The molecular formula is C10H21NO2S2. The topological polar surface area (TPSA) is 37.4 Å². The molecule has 0 bridgehead atoms. The molecule has 0 amide bonds. The molecule has 90 valence electrons. The van der Waals surface area contributed by atoms with Crippen molar-refractivity contribution in [2.75, 3.05) is 17.8 Å². The van der Waals surface area contributed by atoms with Crippen LogP contribution in [0, 0.1) is 0 Å². The summed E-state index contributed by atoms with van der Waals surface area (Å²) in [4.78, 5) is 0. The van der Waals surface area contributed by atoms with Crippen LogP contribution in [0.4, 0.5) is 0 Å². The summed E-state index contributed by atoms with van der Waals surface area (Å²) in [6.45, 7) is 6.06. The molecule has 0 radical (unpaired) electrons. The van der Waals surface area contributed by atoms with E-state index in [0.29, 0.717) is 0 Å². The Kier molecular flexibility index (Phi) is 4.12. The lowest BCUT2D eigenvalue weighted by molar-refractivity contribution is 0.179. The largest absolute Gasteiger partial charge is 0.212 e. The van der Waals surface area contributed by atoms with Crippen LogP contribution in [-0.2, 0) is 10.0 Å². The predicted octanol–water partition coefficient (Wildman–Crippen LogP) is 1.94. The average Bonchev–Trinajstić information content (AvgIpc) is 2.54. The van der Waals surface area contributed by atoms with E-state index in [4.69, 9.17) is 0 Å². The van der Waals surface area contributed by atoms with Crippen molar-refractivity contribution in [1.29, 1.82) is 0 Å². The standard InChI is InChI=1S/C10H21NO2S2/c1-5-10(2,3)11(15(4,12)13)9-6-7-14-8-9/h9H,5-8H2,1-4H3/t9-/m1/s1. The Labute approximate surface area is 97.7 Å². The highest BCUT2D eigenvalue weighted by atomic mass is 32.2. The molecule has 0 aromatic carbocycles. The van der Waals surface area contributed by atoms with Crippen LogP contribution in [-0.4, -0.2) is 42.1 Å². The van der Waals surface area contributed by atoms with Gasteiger partial charge in [0.1, 0.15) is 0 Å². The van der Waals surface area contributed by atoms with Crippen molar-refractivity contribution >= 4 is 21.8 Å². The molecule has 15 heavy (non-hydrogen) atoms. The first-order valence-electron chi connectivity index (χ1n) is 5.36. The molecule has 1 atom stereocenters. The maximum atomic E-state index is 11.8. The molecule has 1 rings (SSSR count). The second kappa shape index (κ2) is 4.63. The molecule has 0 unspecified atom stereocenters. The normalized spacial score (nSPS) is 23.7. The van der Waals surface area contributed by atoms with Crippen LogP contribution >= 0.6 is 11.8 Å². The van der Waals surface area contributed by atoms with E-state index >= 15 is 0 Å². The van der Waals surface area contributed by atoms with Gasteiger partial charge in [-0.05, 0) is 32.4 Å². The minimum absolute atomic E-state index is 0.194. The Morgan fingerprint density at radius 1 is 1.47 bits per heavy atom. The zero-order chi connectivity index (χ0) is 11.7. The Balaban J connectivity index is 2.97. The molecule has 0 spiro atoms. The summed E-state index contributed by atoms with van der Waals surface area (Å²) in [5.74, 6) is 2.02. The molecule has 5 heteroatoms. The summed E-state index contributed by atoms with van der Waals surface area (Å²) in [6.07, 6.45) is 3.16. The van der Waals surface area contributed by atoms with Gasteiger partial charge in [0.15, 0.2) is 0 Å². The minimum atomic E-state index is -3.10. The van der Waals surface area contributed by atoms with Crippen LogP contribution in [0.25, 0.3) is 0 Å². The van der Waals surface area contributed by atoms with E-state index < -0.39 is 10.0 Å². The lowest BCUT2D eigenvalue weighted by atomic mass is 10.0. The van der Waals surface area contributed by atoms with Gasteiger partial charge in [-0.25, -0.2) is 8.42 Å². The Morgan fingerprint density at radius 3 is 2.40 bits per heavy atom. The zero-order valence-corrected chi connectivity index (χ0v) is 11.6. The van der Waals surface area contributed by atoms with E-state index in [0.717, 1.165) is 24.3 Å². The third-order valence-electron chi connectivity index (χ3n) is 3.06. The van der Waals surface area contributed by atoms with Crippen LogP contribution in [0.5, 0.6) is 0 Å². The summed E-state index contributed by atoms with van der Waals surface area (Å²) >= 11 is 1.85. The van der Waals surface area contributed by atoms with Crippen molar-refractivity contribution in [1.82, 2.24) is 4.31 Å². The number of hydrogen-bond acceptors (Lipinski definition) is 3. The molecule has 1 aliphatic rings. The predicted molar refractivity (Wildman–Crippen MR) is 66.8 cm³/mol. The van der Waals surface area contributed by atoms with E-state index in [1.54, 1.807) is 4.31 Å². The van der Waals surface area contributed by atoms with Crippen molar-refractivity contribution in [3.63, 3.8) is 0 Å². The molecule has 1 saturated heterocycles. The molecular weight excluding hydrogens is 230 g/mol. The number of rotatable bonds is 4. The molecule has 1 heterocycles. The van der Waals surface area contributed by atoms with Gasteiger partial charge in [-0.1, -0.05) is 6.92 Å². The first kappa shape index (κ1) is 13.3. The van der Waals surface area contributed by atoms with Gasteiger partial charge in [0, 0.05) is 17.3 Å². The van der Waals surface area contributed by atoms with Gasteiger partial charge < -0.3 is 0 Å². The van der Waals surface area contributed by atoms with E-state index in [2.05, 4.69) is 0 Å². The Bertz CT molecular complexity index is 305. The van der Waals surface area contributed by atoms with Gasteiger partial charge in [-0.15, -0.1) is 0 Å². The number of thioether (sulfide) groups is 1. The first-order valence-corrected chi connectivity index (χ1v) is 8.36. The van der Waals surface area contributed by atoms with Crippen LogP contribution in [0.1, 0.15) is 33.6 Å². The van der Waals surface area contributed by atoms with Crippen LogP contribution in [0.2, 0.25) is 0 Å². The maximum Gasteiger partial charge on any atom is 0.211 e. The van der Waals surface area contributed by atoms with E-state index in [9.17, 15) is 8.42 Å². The summed E-state index contributed by atoms with van der Waals surface area (Å²) in [6, 6.07) is 0.194. The molecule has 0 aromatic rings. The van der Waals surface area contributed by atoms with Crippen molar-refractivity contribution in [3.05, 3.63) is 0 Å². The second-order valence-electron chi connectivity index (χ2n) is 4.74. The van der Waals surface area contributed by atoms with Gasteiger partial charge in [-0.3, -0.25) is 0 Å². The smallest absolute Gasteiger partial charge is 0.211 e. The summed E-state index contributed by atoms with van der Waals surface area (Å²) < 4.78 is 25.4. The van der Waals surface area contributed by atoms with Gasteiger partial charge >= 0.3 is 0 Å². The lowest BCUT2D eigenvalue weighted by Gasteiger charge is -2.39. The van der Waals surface area contributed by atoms with Crippen molar-refractivity contribution in [3.8, 4) is 0 Å². The molecule has 0 saturated carbocycles. The number of sulfonamides is 1. The molecule has 1 fully saturated rings. The van der Waals surface area contributed by atoms with Crippen molar-refractivity contribution in [2.45, 2.75) is 45.2 Å². The highest BCUT2D eigenvalue weighted by molar-refractivity contribution is 7.99. The fourth-order valence-corrected chi connectivity index (χ4v) is 5.11. The first-order chi connectivity index (χ1) is 6.79. The van der Waals surface area contributed by atoms with E-state index in [1.165, 1.54) is 6.26 Å². The number of nitrogens with zero attached hydrogens (tertiary/aromatic N) is 1.